The van der Waals surface area contributed by atoms with E-state index >= 15 is 0 Å². The topological polar surface area (TPSA) is 43.1 Å². The number of benzene rings is 1. The van der Waals surface area contributed by atoms with Crippen LogP contribution in [0, 0.1) is 16.0 Å². The standard InChI is InChI=1S/C14H19NO2/c1-3-12(2)8-4-5-9-13-10-6-7-11-14(13)15(16)17/h5-7,9-12H,3-4,8H2,1-2H3/b9-5+. The van der Waals surface area contributed by atoms with Gasteiger partial charge in [0.05, 0.1) is 10.5 Å². The van der Waals surface area contributed by atoms with Crippen LogP contribution in [-0.2, 0) is 0 Å². The summed E-state index contributed by atoms with van der Waals surface area (Å²) in [5.74, 6) is 0.713. The van der Waals surface area contributed by atoms with Crippen LogP contribution >= 0.6 is 0 Å². The first-order chi connectivity index (χ1) is 8.15. The van der Waals surface area contributed by atoms with E-state index in [2.05, 4.69) is 13.8 Å². The third-order valence-electron chi connectivity index (χ3n) is 2.95. The van der Waals surface area contributed by atoms with Crippen LogP contribution < -0.4 is 0 Å². The van der Waals surface area contributed by atoms with E-state index in [1.165, 1.54) is 12.5 Å². The van der Waals surface area contributed by atoms with Crippen LogP contribution in [0.4, 0.5) is 5.69 Å². The molecule has 0 bridgehead atoms. The Morgan fingerprint density at radius 2 is 2.12 bits per heavy atom. The van der Waals surface area contributed by atoms with Crippen LogP contribution in [0.5, 0.6) is 0 Å². The first-order valence-electron chi connectivity index (χ1n) is 6.05. The first-order valence-corrected chi connectivity index (χ1v) is 6.05. The number of nitrogens with zero attached hydrogens (tertiary/aromatic N) is 1. The Morgan fingerprint density at radius 1 is 1.41 bits per heavy atom. The van der Waals surface area contributed by atoms with Gasteiger partial charge in [0.15, 0.2) is 0 Å². The molecule has 17 heavy (non-hydrogen) atoms. The lowest BCUT2D eigenvalue weighted by Crippen LogP contribution is -1.91. The molecule has 0 saturated carbocycles. The Bertz CT molecular complexity index is 399. The van der Waals surface area contributed by atoms with E-state index in [-0.39, 0.29) is 10.6 Å². The van der Waals surface area contributed by atoms with Crippen molar-refractivity contribution >= 4 is 11.8 Å². The normalized spacial score (nSPS) is 12.8. The molecule has 92 valence electrons. The van der Waals surface area contributed by atoms with Gasteiger partial charge in [-0.2, -0.15) is 0 Å². The molecule has 0 amide bonds. The average molecular weight is 233 g/mol. The summed E-state index contributed by atoms with van der Waals surface area (Å²) < 4.78 is 0. The maximum atomic E-state index is 10.8. The molecule has 0 radical (unpaired) electrons. The van der Waals surface area contributed by atoms with Crippen molar-refractivity contribution in [2.45, 2.75) is 33.1 Å². The first kappa shape index (κ1) is 13.4. The molecule has 3 heteroatoms. The van der Waals surface area contributed by atoms with E-state index in [0.29, 0.717) is 11.5 Å². The Kier molecular flexibility index (Phi) is 5.40. The zero-order valence-electron chi connectivity index (χ0n) is 10.4. The van der Waals surface area contributed by atoms with Gasteiger partial charge in [0.2, 0.25) is 0 Å². The van der Waals surface area contributed by atoms with Gasteiger partial charge in [0.25, 0.3) is 5.69 Å². The van der Waals surface area contributed by atoms with Crippen LogP contribution in [-0.4, -0.2) is 4.92 Å². The highest BCUT2D eigenvalue weighted by Crippen LogP contribution is 2.19. The molecule has 0 aromatic heterocycles. The minimum Gasteiger partial charge on any atom is -0.258 e. The van der Waals surface area contributed by atoms with Crippen molar-refractivity contribution in [1.82, 2.24) is 0 Å². The highest BCUT2D eigenvalue weighted by atomic mass is 16.6. The van der Waals surface area contributed by atoms with Crippen LogP contribution in [0.2, 0.25) is 0 Å². The Morgan fingerprint density at radius 3 is 2.76 bits per heavy atom. The third-order valence-corrected chi connectivity index (χ3v) is 2.95. The van der Waals surface area contributed by atoms with Crippen molar-refractivity contribution in [1.29, 1.82) is 0 Å². The van der Waals surface area contributed by atoms with Crippen LogP contribution in [0.3, 0.4) is 0 Å². The van der Waals surface area contributed by atoms with E-state index < -0.39 is 0 Å². The number of para-hydroxylation sites is 1. The summed E-state index contributed by atoms with van der Waals surface area (Å²) in [6.45, 7) is 4.40. The number of nitro benzene ring substituents is 1. The molecule has 0 saturated heterocycles. The Hall–Kier alpha value is -1.64. The highest BCUT2D eigenvalue weighted by molar-refractivity contribution is 5.60. The summed E-state index contributed by atoms with van der Waals surface area (Å²) in [6.07, 6.45) is 7.16. The van der Waals surface area contributed by atoms with E-state index in [1.54, 1.807) is 12.1 Å². The van der Waals surface area contributed by atoms with Crippen LogP contribution in [0.25, 0.3) is 6.08 Å². The summed E-state index contributed by atoms with van der Waals surface area (Å²) in [4.78, 5) is 10.4. The molecule has 0 N–H and O–H groups in total. The fraction of sp³-hybridized carbons (Fsp3) is 0.429. The summed E-state index contributed by atoms with van der Waals surface area (Å²) in [5, 5.41) is 10.8. The van der Waals surface area contributed by atoms with Crippen molar-refractivity contribution in [3.05, 3.63) is 46.0 Å². The smallest absolute Gasteiger partial charge is 0.258 e. The van der Waals surface area contributed by atoms with Gasteiger partial charge in [0, 0.05) is 6.07 Å². The zero-order chi connectivity index (χ0) is 12.7. The summed E-state index contributed by atoms with van der Waals surface area (Å²) in [6, 6.07) is 6.82. The number of hydrogen-bond acceptors (Lipinski definition) is 2. The average Bonchev–Trinajstić information content (AvgIpc) is 2.34. The molecule has 1 atom stereocenters. The van der Waals surface area contributed by atoms with Crippen molar-refractivity contribution < 1.29 is 4.92 Å². The minimum absolute atomic E-state index is 0.173. The SMILES string of the molecule is CCC(C)CC/C=C/c1ccccc1[N+](=O)[O-]. The molecule has 0 aliphatic rings. The fourth-order valence-electron chi connectivity index (χ4n) is 1.59. The minimum atomic E-state index is -0.339. The molecular formula is C14H19NO2. The van der Waals surface area contributed by atoms with Gasteiger partial charge in [-0.3, -0.25) is 10.1 Å². The molecule has 0 heterocycles. The molecule has 3 nitrogen and oxygen atoms in total. The lowest BCUT2D eigenvalue weighted by Gasteiger charge is -2.04. The number of hydrogen-bond donors (Lipinski definition) is 0. The van der Waals surface area contributed by atoms with Gasteiger partial charge in [-0.15, -0.1) is 0 Å². The molecule has 0 aliphatic heterocycles. The zero-order valence-corrected chi connectivity index (χ0v) is 10.4. The third kappa shape index (κ3) is 4.39. The number of rotatable bonds is 6. The Balaban J connectivity index is 2.62. The fourth-order valence-corrected chi connectivity index (χ4v) is 1.59. The molecular weight excluding hydrogens is 214 g/mol. The summed E-state index contributed by atoms with van der Waals surface area (Å²) in [7, 11) is 0. The quantitative estimate of drug-likeness (QED) is 0.538. The molecule has 1 aromatic carbocycles. The monoisotopic (exact) mass is 233 g/mol. The lowest BCUT2D eigenvalue weighted by molar-refractivity contribution is -0.385. The van der Waals surface area contributed by atoms with E-state index in [4.69, 9.17) is 0 Å². The highest BCUT2D eigenvalue weighted by Gasteiger charge is 2.08. The second-order valence-electron chi connectivity index (χ2n) is 4.31. The van der Waals surface area contributed by atoms with Gasteiger partial charge in [-0.25, -0.2) is 0 Å². The second kappa shape index (κ2) is 6.84. The maximum absolute atomic E-state index is 10.8. The number of nitro groups is 1. The second-order valence-corrected chi connectivity index (χ2v) is 4.31. The van der Waals surface area contributed by atoms with Gasteiger partial charge >= 0.3 is 0 Å². The van der Waals surface area contributed by atoms with Gasteiger partial charge in [-0.05, 0) is 24.8 Å². The Labute approximate surface area is 102 Å². The van der Waals surface area contributed by atoms with E-state index in [9.17, 15) is 10.1 Å². The number of allylic oxidation sites excluding steroid dienone is 1. The molecule has 1 aromatic rings. The van der Waals surface area contributed by atoms with E-state index in [0.717, 1.165) is 12.8 Å². The predicted molar refractivity (Wildman–Crippen MR) is 70.8 cm³/mol. The molecule has 1 rings (SSSR count). The molecule has 0 spiro atoms. The van der Waals surface area contributed by atoms with Crippen LogP contribution in [0.1, 0.15) is 38.7 Å². The molecule has 0 aliphatic carbocycles. The molecule has 1 unspecified atom stereocenters. The largest absolute Gasteiger partial charge is 0.276 e. The predicted octanol–water partition coefficient (Wildman–Crippen LogP) is 4.43. The van der Waals surface area contributed by atoms with Crippen molar-refractivity contribution in [2.75, 3.05) is 0 Å². The van der Waals surface area contributed by atoms with Gasteiger partial charge in [-0.1, -0.05) is 44.6 Å². The van der Waals surface area contributed by atoms with Gasteiger partial charge < -0.3 is 0 Å². The van der Waals surface area contributed by atoms with Gasteiger partial charge in [0.1, 0.15) is 0 Å². The van der Waals surface area contributed by atoms with Crippen molar-refractivity contribution in [3.8, 4) is 0 Å². The van der Waals surface area contributed by atoms with E-state index in [1.807, 2.05) is 18.2 Å². The van der Waals surface area contributed by atoms with Crippen molar-refractivity contribution in [3.63, 3.8) is 0 Å². The summed E-state index contributed by atoms with van der Waals surface area (Å²) >= 11 is 0. The maximum Gasteiger partial charge on any atom is 0.276 e. The van der Waals surface area contributed by atoms with Crippen molar-refractivity contribution in [2.24, 2.45) is 5.92 Å². The lowest BCUT2D eigenvalue weighted by atomic mass is 10.0. The summed E-state index contributed by atoms with van der Waals surface area (Å²) in [5.41, 5.74) is 0.856. The molecule has 0 fully saturated rings. The van der Waals surface area contributed by atoms with Crippen LogP contribution in [0.15, 0.2) is 30.3 Å².